The molecule has 27 heavy (non-hydrogen) atoms. The maximum atomic E-state index is 12.4. The van der Waals surface area contributed by atoms with Crippen LogP contribution in [0.15, 0.2) is 34.1 Å². The number of carbonyl (C=O) groups excluding carboxylic acids is 1. The molecule has 2 aromatic heterocycles. The van der Waals surface area contributed by atoms with Crippen molar-refractivity contribution in [1.29, 1.82) is 0 Å². The highest BCUT2D eigenvalue weighted by Gasteiger charge is 2.16. The molecule has 0 radical (unpaired) electrons. The van der Waals surface area contributed by atoms with E-state index in [1.54, 1.807) is 7.05 Å². The number of nitrogens with zero attached hydrogens (tertiary/aromatic N) is 4. The molecule has 0 fully saturated rings. The third kappa shape index (κ3) is 2.95. The summed E-state index contributed by atoms with van der Waals surface area (Å²) in [5.41, 5.74) is 3.15. The van der Waals surface area contributed by atoms with Gasteiger partial charge in [-0.1, -0.05) is 18.2 Å². The SMILES string of the molecule is Cn1c(=O)c2c(ncn2CC(=O)NCc2ccc3c(c2)CNC3)n(C)c1=O. The smallest absolute Gasteiger partial charge is 0.332 e. The lowest BCUT2D eigenvalue weighted by Crippen LogP contribution is -2.38. The first-order chi connectivity index (χ1) is 13.0. The van der Waals surface area contributed by atoms with Gasteiger partial charge in [0.1, 0.15) is 6.54 Å². The van der Waals surface area contributed by atoms with Crippen LogP contribution in [0.2, 0.25) is 0 Å². The topological polar surface area (TPSA) is 103 Å². The number of amides is 1. The van der Waals surface area contributed by atoms with E-state index in [1.165, 1.54) is 33.6 Å². The summed E-state index contributed by atoms with van der Waals surface area (Å²) in [4.78, 5) is 40.8. The minimum Gasteiger partial charge on any atom is -0.350 e. The third-order valence-electron chi connectivity index (χ3n) is 4.92. The van der Waals surface area contributed by atoms with Gasteiger partial charge in [-0.3, -0.25) is 18.7 Å². The summed E-state index contributed by atoms with van der Waals surface area (Å²) in [6, 6.07) is 6.17. The molecule has 0 bridgehead atoms. The van der Waals surface area contributed by atoms with Crippen molar-refractivity contribution in [3.8, 4) is 0 Å². The van der Waals surface area contributed by atoms with E-state index in [0.29, 0.717) is 6.54 Å². The second-order valence-electron chi connectivity index (χ2n) is 6.73. The van der Waals surface area contributed by atoms with Crippen molar-refractivity contribution in [2.45, 2.75) is 26.2 Å². The van der Waals surface area contributed by atoms with E-state index in [-0.39, 0.29) is 23.6 Å². The Hall–Kier alpha value is -3.20. The summed E-state index contributed by atoms with van der Waals surface area (Å²) in [5, 5.41) is 6.16. The average Bonchev–Trinajstić information content (AvgIpc) is 3.29. The second kappa shape index (κ2) is 6.51. The zero-order chi connectivity index (χ0) is 19.1. The number of rotatable bonds is 4. The molecule has 0 spiro atoms. The van der Waals surface area contributed by atoms with Crippen molar-refractivity contribution in [2.75, 3.05) is 0 Å². The van der Waals surface area contributed by atoms with Gasteiger partial charge in [-0.15, -0.1) is 0 Å². The van der Waals surface area contributed by atoms with Crippen molar-refractivity contribution in [3.63, 3.8) is 0 Å². The van der Waals surface area contributed by atoms with Crippen LogP contribution in [0.25, 0.3) is 11.2 Å². The fourth-order valence-corrected chi connectivity index (χ4v) is 3.39. The van der Waals surface area contributed by atoms with E-state index in [0.717, 1.165) is 23.2 Å². The Morgan fingerprint density at radius 1 is 1.19 bits per heavy atom. The van der Waals surface area contributed by atoms with Crippen LogP contribution in [0.5, 0.6) is 0 Å². The van der Waals surface area contributed by atoms with Gasteiger partial charge in [0.15, 0.2) is 11.2 Å². The molecule has 0 saturated carbocycles. The lowest BCUT2D eigenvalue weighted by molar-refractivity contribution is -0.121. The average molecular weight is 368 g/mol. The molecule has 0 unspecified atom stereocenters. The van der Waals surface area contributed by atoms with Crippen molar-refractivity contribution >= 4 is 17.1 Å². The van der Waals surface area contributed by atoms with Crippen LogP contribution >= 0.6 is 0 Å². The third-order valence-corrected chi connectivity index (χ3v) is 4.92. The first-order valence-electron chi connectivity index (χ1n) is 8.64. The van der Waals surface area contributed by atoms with Crippen LogP contribution in [0, 0.1) is 0 Å². The zero-order valence-corrected chi connectivity index (χ0v) is 15.2. The molecule has 9 nitrogen and oxygen atoms in total. The number of hydrogen-bond acceptors (Lipinski definition) is 5. The molecule has 9 heteroatoms. The molecule has 1 aliphatic heterocycles. The Bertz CT molecular complexity index is 1170. The largest absolute Gasteiger partial charge is 0.350 e. The summed E-state index contributed by atoms with van der Waals surface area (Å²) in [6.45, 7) is 2.10. The first kappa shape index (κ1) is 17.2. The quantitative estimate of drug-likeness (QED) is 0.637. The van der Waals surface area contributed by atoms with Crippen LogP contribution in [-0.4, -0.2) is 24.6 Å². The molecule has 4 rings (SSSR count). The van der Waals surface area contributed by atoms with Crippen LogP contribution in [0.3, 0.4) is 0 Å². The highest BCUT2D eigenvalue weighted by Crippen LogP contribution is 2.16. The van der Waals surface area contributed by atoms with Gasteiger partial charge in [0.05, 0.1) is 6.33 Å². The minimum absolute atomic E-state index is 0.0452. The van der Waals surface area contributed by atoms with Gasteiger partial charge in [0.25, 0.3) is 5.56 Å². The Kier molecular flexibility index (Phi) is 4.15. The van der Waals surface area contributed by atoms with Crippen molar-refractivity contribution in [3.05, 3.63) is 62.1 Å². The summed E-state index contributed by atoms with van der Waals surface area (Å²) < 4.78 is 3.78. The van der Waals surface area contributed by atoms with E-state index < -0.39 is 11.2 Å². The number of nitrogens with one attached hydrogen (secondary N) is 2. The molecular formula is C18H20N6O3. The van der Waals surface area contributed by atoms with E-state index >= 15 is 0 Å². The van der Waals surface area contributed by atoms with E-state index in [1.807, 2.05) is 6.07 Å². The molecule has 3 aromatic rings. The normalized spacial score (nSPS) is 13.1. The van der Waals surface area contributed by atoms with Gasteiger partial charge in [-0.2, -0.15) is 0 Å². The van der Waals surface area contributed by atoms with Gasteiger partial charge in [-0.05, 0) is 16.7 Å². The van der Waals surface area contributed by atoms with Gasteiger partial charge in [-0.25, -0.2) is 9.78 Å². The lowest BCUT2D eigenvalue weighted by Gasteiger charge is -2.09. The molecule has 0 aliphatic carbocycles. The molecule has 1 amide bonds. The highest BCUT2D eigenvalue weighted by atomic mass is 16.2. The summed E-state index contributed by atoms with van der Waals surface area (Å²) in [5.74, 6) is -0.233. The molecule has 1 aliphatic rings. The number of hydrogen-bond donors (Lipinski definition) is 2. The molecule has 2 N–H and O–H groups in total. The van der Waals surface area contributed by atoms with Crippen molar-refractivity contribution < 1.29 is 4.79 Å². The Morgan fingerprint density at radius 3 is 2.78 bits per heavy atom. The summed E-state index contributed by atoms with van der Waals surface area (Å²) in [7, 11) is 2.95. The number of benzene rings is 1. The Morgan fingerprint density at radius 2 is 1.96 bits per heavy atom. The standard InChI is InChI=1S/C18H20N6O3/c1-22-16-15(17(26)23(2)18(22)27)24(10-21-16)9-14(25)20-6-11-3-4-12-7-19-8-13(12)5-11/h3-5,10,19H,6-9H2,1-2H3,(H,20,25). The van der Waals surface area contributed by atoms with Gasteiger partial charge in [0.2, 0.25) is 5.91 Å². The number of aromatic nitrogens is 4. The Balaban J connectivity index is 1.52. The van der Waals surface area contributed by atoms with Crippen LogP contribution in [-0.2, 0) is 45.1 Å². The van der Waals surface area contributed by atoms with Crippen LogP contribution in [0.4, 0.5) is 0 Å². The molecule has 3 heterocycles. The van der Waals surface area contributed by atoms with Gasteiger partial charge in [0, 0.05) is 33.7 Å². The predicted octanol–water partition coefficient (Wildman–Crippen LogP) is -0.647. The number of fused-ring (bicyclic) bond motifs is 2. The number of imidazole rings is 1. The molecule has 0 atom stereocenters. The molecule has 140 valence electrons. The summed E-state index contributed by atoms with van der Waals surface area (Å²) >= 11 is 0. The van der Waals surface area contributed by atoms with E-state index in [9.17, 15) is 14.4 Å². The van der Waals surface area contributed by atoms with E-state index in [2.05, 4.69) is 27.8 Å². The molecule has 0 saturated heterocycles. The monoisotopic (exact) mass is 368 g/mol. The number of aryl methyl sites for hydroxylation is 1. The Labute approximate surface area is 154 Å². The fourth-order valence-electron chi connectivity index (χ4n) is 3.39. The second-order valence-corrected chi connectivity index (χ2v) is 6.73. The highest BCUT2D eigenvalue weighted by molar-refractivity contribution is 5.78. The van der Waals surface area contributed by atoms with Crippen molar-refractivity contribution in [1.82, 2.24) is 29.3 Å². The zero-order valence-electron chi connectivity index (χ0n) is 15.2. The van der Waals surface area contributed by atoms with Crippen LogP contribution in [0.1, 0.15) is 16.7 Å². The summed E-state index contributed by atoms with van der Waals surface area (Å²) in [6.07, 6.45) is 1.41. The fraction of sp³-hybridized carbons (Fsp3) is 0.333. The molecular weight excluding hydrogens is 348 g/mol. The minimum atomic E-state index is -0.468. The molecule has 1 aromatic carbocycles. The maximum absolute atomic E-state index is 12.4. The lowest BCUT2D eigenvalue weighted by atomic mass is 10.1. The maximum Gasteiger partial charge on any atom is 0.332 e. The first-order valence-corrected chi connectivity index (χ1v) is 8.64. The number of carbonyl (C=O) groups is 1. The van der Waals surface area contributed by atoms with Gasteiger partial charge >= 0.3 is 5.69 Å². The van der Waals surface area contributed by atoms with Crippen molar-refractivity contribution in [2.24, 2.45) is 14.1 Å². The van der Waals surface area contributed by atoms with Crippen LogP contribution < -0.4 is 21.9 Å². The predicted molar refractivity (Wildman–Crippen MR) is 99.0 cm³/mol. The van der Waals surface area contributed by atoms with Gasteiger partial charge < -0.3 is 15.2 Å². The van der Waals surface area contributed by atoms with E-state index in [4.69, 9.17) is 0 Å².